The molecule has 2 rings (SSSR count). The number of benzene rings is 2. The van der Waals surface area contributed by atoms with E-state index in [9.17, 15) is 22.4 Å². The van der Waals surface area contributed by atoms with Crippen molar-refractivity contribution in [3.8, 4) is 0 Å². The van der Waals surface area contributed by atoms with Gasteiger partial charge < -0.3 is 5.32 Å². The van der Waals surface area contributed by atoms with Gasteiger partial charge in [0.05, 0.1) is 0 Å². The highest BCUT2D eigenvalue weighted by Gasteiger charge is 2.20. The maximum absolute atomic E-state index is 13.2. The van der Waals surface area contributed by atoms with Crippen LogP contribution in [0.15, 0.2) is 36.4 Å². The van der Waals surface area contributed by atoms with Crippen molar-refractivity contribution in [2.24, 2.45) is 0 Å². The lowest BCUT2D eigenvalue weighted by Gasteiger charge is -2.17. The molecule has 0 aromatic heterocycles. The molecule has 0 bridgehead atoms. The van der Waals surface area contributed by atoms with Gasteiger partial charge in [0.15, 0.2) is 17.5 Å². The van der Waals surface area contributed by atoms with E-state index in [0.717, 1.165) is 12.1 Å². The standard InChI is InChI=1S/C14H8ClF4NO/c15-14(21)13(7-2-1-3-8(16)4-7)20-9-5-10(17)12(19)11(18)6-9/h1-6,13,20H. The summed E-state index contributed by atoms with van der Waals surface area (Å²) in [5.41, 5.74) is -0.0326. The Kier molecular flexibility index (Phi) is 4.47. The van der Waals surface area contributed by atoms with E-state index in [0.29, 0.717) is 12.1 Å². The molecule has 2 aromatic rings. The van der Waals surface area contributed by atoms with E-state index in [1.54, 1.807) is 0 Å². The second-order valence-electron chi connectivity index (χ2n) is 4.19. The zero-order chi connectivity index (χ0) is 15.6. The summed E-state index contributed by atoms with van der Waals surface area (Å²) >= 11 is 5.41. The summed E-state index contributed by atoms with van der Waals surface area (Å²) in [4.78, 5) is 11.4. The summed E-state index contributed by atoms with van der Waals surface area (Å²) in [6.07, 6.45) is 0. The number of anilines is 1. The molecule has 0 saturated heterocycles. The molecule has 2 nitrogen and oxygen atoms in total. The van der Waals surface area contributed by atoms with Crippen LogP contribution in [0, 0.1) is 23.3 Å². The van der Waals surface area contributed by atoms with Crippen molar-refractivity contribution in [1.29, 1.82) is 0 Å². The monoisotopic (exact) mass is 317 g/mol. The summed E-state index contributed by atoms with van der Waals surface area (Å²) in [6, 6.07) is 5.09. The Morgan fingerprint density at radius 1 is 1.05 bits per heavy atom. The number of carbonyl (C=O) groups is 1. The Balaban J connectivity index is 2.35. The highest BCUT2D eigenvalue weighted by Crippen LogP contribution is 2.25. The summed E-state index contributed by atoms with van der Waals surface area (Å²) in [5.74, 6) is -5.07. The third-order valence-corrected chi connectivity index (χ3v) is 2.92. The Morgan fingerprint density at radius 3 is 2.19 bits per heavy atom. The van der Waals surface area contributed by atoms with Crippen molar-refractivity contribution >= 4 is 22.5 Å². The number of rotatable bonds is 4. The first-order chi connectivity index (χ1) is 9.88. The number of hydrogen-bond acceptors (Lipinski definition) is 2. The fourth-order valence-corrected chi connectivity index (χ4v) is 1.94. The zero-order valence-corrected chi connectivity index (χ0v) is 11.1. The van der Waals surface area contributed by atoms with E-state index in [-0.39, 0.29) is 11.3 Å². The lowest BCUT2D eigenvalue weighted by Crippen LogP contribution is -2.17. The van der Waals surface area contributed by atoms with Gasteiger partial charge in [0, 0.05) is 17.8 Å². The van der Waals surface area contributed by atoms with Crippen LogP contribution < -0.4 is 5.32 Å². The van der Waals surface area contributed by atoms with Crippen molar-refractivity contribution in [2.45, 2.75) is 6.04 Å². The van der Waals surface area contributed by atoms with Crippen molar-refractivity contribution in [1.82, 2.24) is 0 Å². The van der Waals surface area contributed by atoms with E-state index < -0.39 is 34.6 Å². The van der Waals surface area contributed by atoms with Crippen molar-refractivity contribution in [3.05, 3.63) is 65.2 Å². The fraction of sp³-hybridized carbons (Fsp3) is 0.0714. The first-order valence-corrected chi connectivity index (χ1v) is 6.12. The van der Waals surface area contributed by atoms with Gasteiger partial charge in [-0.1, -0.05) is 12.1 Å². The summed E-state index contributed by atoms with van der Waals surface area (Å²) < 4.78 is 52.3. The molecule has 7 heteroatoms. The third-order valence-electron chi connectivity index (χ3n) is 2.70. The molecule has 0 amide bonds. The molecule has 1 atom stereocenters. The van der Waals surface area contributed by atoms with E-state index >= 15 is 0 Å². The van der Waals surface area contributed by atoms with Gasteiger partial charge in [0.1, 0.15) is 11.9 Å². The second-order valence-corrected chi connectivity index (χ2v) is 4.56. The molecule has 2 aromatic carbocycles. The van der Waals surface area contributed by atoms with Crippen LogP contribution in [0.5, 0.6) is 0 Å². The van der Waals surface area contributed by atoms with E-state index in [2.05, 4.69) is 5.32 Å². The largest absolute Gasteiger partial charge is 0.370 e. The molecule has 1 unspecified atom stereocenters. The lowest BCUT2D eigenvalue weighted by molar-refractivity contribution is -0.112. The number of halogens is 5. The topological polar surface area (TPSA) is 29.1 Å². The van der Waals surface area contributed by atoms with Gasteiger partial charge in [-0.05, 0) is 29.3 Å². The zero-order valence-electron chi connectivity index (χ0n) is 10.3. The maximum atomic E-state index is 13.2. The van der Waals surface area contributed by atoms with Crippen molar-refractivity contribution in [3.63, 3.8) is 0 Å². The van der Waals surface area contributed by atoms with Crippen molar-refractivity contribution < 1.29 is 22.4 Å². The van der Waals surface area contributed by atoms with Gasteiger partial charge in [-0.2, -0.15) is 0 Å². The van der Waals surface area contributed by atoms with Crippen LogP contribution in [-0.2, 0) is 4.79 Å². The van der Waals surface area contributed by atoms with Crippen LogP contribution in [0.4, 0.5) is 23.2 Å². The number of nitrogens with one attached hydrogen (secondary N) is 1. The molecule has 0 fully saturated rings. The van der Waals surface area contributed by atoms with Crippen LogP contribution in [-0.4, -0.2) is 5.24 Å². The van der Waals surface area contributed by atoms with Gasteiger partial charge in [-0.25, -0.2) is 17.6 Å². The Morgan fingerprint density at radius 2 is 1.67 bits per heavy atom. The van der Waals surface area contributed by atoms with Gasteiger partial charge in [-0.15, -0.1) is 0 Å². The molecule has 0 aliphatic rings. The molecule has 0 spiro atoms. The minimum Gasteiger partial charge on any atom is -0.370 e. The third kappa shape index (κ3) is 3.52. The van der Waals surface area contributed by atoms with Gasteiger partial charge in [0.2, 0.25) is 5.24 Å². The van der Waals surface area contributed by atoms with E-state index in [4.69, 9.17) is 11.6 Å². The number of hydrogen-bond donors (Lipinski definition) is 1. The molecule has 110 valence electrons. The molecule has 0 heterocycles. The molecular formula is C14H8ClF4NO. The molecule has 0 saturated carbocycles. The van der Waals surface area contributed by atoms with Crippen LogP contribution in [0.25, 0.3) is 0 Å². The summed E-state index contributed by atoms with van der Waals surface area (Å²) in [6.45, 7) is 0. The average Bonchev–Trinajstić information content (AvgIpc) is 2.41. The maximum Gasteiger partial charge on any atom is 0.248 e. The normalized spacial score (nSPS) is 12.0. The van der Waals surface area contributed by atoms with Crippen LogP contribution >= 0.6 is 11.6 Å². The molecular weight excluding hydrogens is 310 g/mol. The minimum atomic E-state index is -1.62. The SMILES string of the molecule is O=C(Cl)C(Nc1cc(F)c(F)c(F)c1)c1cccc(F)c1. The van der Waals surface area contributed by atoms with E-state index in [1.165, 1.54) is 12.1 Å². The second kappa shape index (κ2) is 6.13. The van der Waals surface area contributed by atoms with Crippen LogP contribution in [0.3, 0.4) is 0 Å². The Bertz CT molecular complexity index is 669. The van der Waals surface area contributed by atoms with Crippen LogP contribution in [0.2, 0.25) is 0 Å². The van der Waals surface area contributed by atoms with Crippen LogP contribution in [0.1, 0.15) is 11.6 Å². The molecule has 1 N–H and O–H groups in total. The molecule has 0 aliphatic heterocycles. The predicted octanol–water partition coefficient (Wildman–Crippen LogP) is 4.16. The summed E-state index contributed by atoms with van der Waals surface area (Å²) in [7, 11) is 0. The average molecular weight is 318 g/mol. The van der Waals surface area contributed by atoms with Crippen molar-refractivity contribution in [2.75, 3.05) is 5.32 Å². The minimum absolute atomic E-state index is 0.167. The summed E-state index contributed by atoms with van der Waals surface area (Å²) in [5, 5.41) is 1.52. The van der Waals surface area contributed by atoms with Gasteiger partial charge in [0.25, 0.3) is 0 Å². The first kappa shape index (κ1) is 15.3. The van der Waals surface area contributed by atoms with Gasteiger partial charge >= 0.3 is 0 Å². The molecule has 0 aliphatic carbocycles. The first-order valence-electron chi connectivity index (χ1n) is 5.74. The molecule has 21 heavy (non-hydrogen) atoms. The smallest absolute Gasteiger partial charge is 0.248 e. The van der Waals surface area contributed by atoms with Gasteiger partial charge in [-0.3, -0.25) is 4.79 Å². The highest BCUT2D eigenvalue weighted by atomic mass is 35.5. The Labute approximate surface area is 122 Å². The van der Waals surface area contributed by atoms with E-state index in [1.807, 2.05) is 0 Å². The number of carbonyl (C=O) groups excluding carboxylic acids is 1. The highest BCUT2D eigenvalue weighted by molar-refractivity contribution is 6.64. The predicted molar refractivity (Wildman–Crippen MR) is 69.9 cm³/mol. The molecule has 0 radical (unpaired) electrons. The Hall–Kier alpha value is -2.08. The lowest BCUT2D eigenvalue weighted by atomic mass is 10.1. The quantitative estimate of drug-likeness (QED) is 0.521. The fourth-order valence-electron chi connectivity index (χ4n) is 1.76.